The van der Waals surface area contributed by atoms with Crippen molar-refractivity contribution in [2.24, 2.45) is 5.92 Å². The smallest absolute Gasteiger partial charge is 0.308 e. The monoisotopic (exact) mass is 339 g/mol. The molecule has 0 aliphatic carbocycles. The van der Waals surface area contributed by atoms with Gasteiger partial charge in [0.25, 0.3) is 0 Å². The number of aliphatic carboxylic acids is 1. The fourth-order valence-electron chi connectivity index (χ4n) is 1.73. The summed E-state index contributed by atoms with van der Waals surface area (Å²) in [6.07, 6.45) is 4.44. The van der Waals surface area contributed by atoms with E-state index in [0.717, 1.165) is 16.5 Å². The van der Waals surface area contributed by atoms with Crippen LogP contribution in [0.1, 0.15) is 25.3 Å². The minimum Gasteiger partial charge on any atom is -0.481 e. The van der Waals surface area contributed by atoms with Crippen molar-refractivity contribution in [3.05, 3.63) is 40.4 Å². The van der Waals surface area contributed by atoms with Crippen molar-refractivity contribution in [2.45, 2.75) is 19.8 Å². The lowest BCUT2D eigenvalue weighted by atomic mass is 10.0. The molecule has 0 heterocycles. The van der Waals surface area contributed by atoms with Crippen LogP contribution in [0.2, 0.25) is 0 Å². The van der Waals surface area contributed by atoms with E-state index in [9.17, 15) is 9.59 Å². The molecule has 0 aliphatic rings. The van der Waals surface area contributed by atoms with E-state index in [0.29, 0.717) is 6.42 Å². The predicted octanol–water partition coefficient (Wildman–Crippen LogP) is 3.08. The molecule has 0 saturated heterocycles. The summed E-state index contributed by atoms with van der Waals surface area (Å²) in [6, 6.07) is 7.55. The van der Waals surface area contributed by atoms with Gasteiger partial charge in [-0.25, -0.2) is 0 Å². The van der Waals surface area contributed by atoms with Gasteiger partial charge in [0.1, 0.15) is 0 Å². The van der Waals surface area contributed by atoms with Gasteiger partial charge in [-0.05, 0) is 30.2 Å². The summed E-state index contributed by atoms with van der Waals surface area (Å²) in [4.78, 5) is 22.6. The molecule has 0 saturated carbocycles. The highest BCUT2D eigenvalue weighted by molar-refractivity contribution is 9.10. The Kier molecular flexibility index (Phi) is 7.01. The van der Waals surface area contributed by atoms with Crippen molar-refractivity contribution in [2.75, 3.05) is 6.54 Å². The topological polar surface area (TPSA) is 66.4 Å². The minimum absolute atomic E-state index is 0.158. The quantitative estimate of drug-likeness (QED) is 0.750. The van der Waals surface area contributed by atoms with Gasteiger partial charge in [-0.3, -0.25) is 9.59 Å². The number of carbonyl (C=O) groups excluding carboxylic acids is 1. The minimum atomic E-state index is -0.872. The Morgan fingerprint density at radius 3 is 2.80 bits per heavy atom. The number of amides is 1. The fraction of sp³-hybridized carbons (Fsp3) is 0.333. The van der Waals surface area contributed by atoms with Crippen LogP contribution in [0.15, 0.2) is 34.8 Å². The normalized spacial score (nSPS) is 12.3. The van der Waals surface area contributed by atoms with E-state index in [1.165, 1.54) is 6.08 Å². The molecule has 1 aromatic rings. The molecule has 1 rings (SSSR count). The Morgan fingerprint density at radius 1 is 1.45 bits per heavy atom. The van der Waals surface area contributed by atoms with Gasteiger partial charge in [-0.2, -0.15) is 0 Å². The third kappa shape index (κ3) is 6.02. The van der Waals surface area contributed by atoms with Crippen molar-refractivity contribution in [1.29, 1.82) is 0 Å². The van der Waals surface area contributed by atoms with Gasteiger partial charge < -0.3 is 10.4 Å². The molecule has 1 amide bonds. The number of benzene rings is 1. The molecule has 108 valence electrons. The Labute approximate surface area is 127 Å². The standard InChI is InChI=1S/C15H18BrNO3/c1-2-4-12(15(19)20)10-17-14(18)8-7-11-5-3-6-13(16)9-11/h3,5-9,12H,2,4,10H2,1H3,(H,17,18)(H,19,20). The second-order valence-corrected chi connectivity index (χ2v) is 5.37. The van der Waals surface area contributed by atoms with Crippen LogP contribution in [0.4, 0.5) is 0 Å². The first kappa shape index (κ1) is 16.4. The lowest BCUT2D eigenvalue weighted by molar-refractivity contribution is -0.141. The summed E-state index contributed by atoms with van der Waals surface area (Å²) in [5, 5.41) is 11.6. The predicted molar refractivity (Wildman–Crippen MR) is 82.2 cm³/mol. The molecule has 2 N–H and O–H groups in total. The number of carboxylic acid groups (broad SMARTS) is 1. The molecule has 5 heteroatoms. The zero-order valence-corrected chi connectivity index (χ0v) is 12.9. The van der Waals surface area contributed by atoms with Crippen molar-refractivity contribution >= 4 is 33.9 Å². The van der Waals surface area contributed by atoms with Crippen LogP contribution in [0.3, 0.4) is 0 Å². The van der Waals surface area contributed by atoms with E-state index in [4.69, 9.17) is 5.11 Å². The first-order chi connectivity index (χ1) is 9.52. The number of carboxylic acids is 1. The molecule has 0 fully saturated rings. The molecular weight excluding hydrogens is 322 g/mol. The Balaban J connectivity index is 2.49. The third-order valence-electron chi connectivity index (χ3n) is 2.78. The number of hydrogen-bond donors (Lipinski definition) is 2. The summed E-state index contributed by atoms with van der Waals surface area (Å²) in [7, 11) is 0. The van der Waals surface area contributed by atoms with Gasteiger partial charge in [0.15, 0.2) is 0 Å². The molecule has 0 radical (unpaired) electrons. The van der Waals surface area contributed by atoms with Crippen molar-refractivity contribution < 1.29 is 14.7 Å². The van der Waals surface area contributed by atoms with E-state index in [1.807, 2.05) is 31.2 Å². The second-order valence-electron chi connectivity index (χ2n) is 4.46. The molecule has 1 atom stereocenters. The van der Waals surface area contributed by atoms with E-state index in [1.54, 1.807) is 6.08 Å². The molecule has 0 aliphatic heterocycles. The molecule has 0 aromatic heterocycles. The zero-order chi connectivity index (χ0) is 15.0. The number of nitrogens with one attached hydrogen (secondary N) is 1. The van der Waals surface area contributed by atoms with Crippen LogP contribution in [0, 0.1) is 5.92 Å². The van der Waals surface area contributed by atoms with Crippen molar-refractivity contribution in [1.82, 2.24) is 5.32 Å². The third-order valence-corrected chi connectivity index (χ3v) is 3.28. The van der Waals surface area contributed by atoms with Gasteiger partial charge in [-0.1, -0.05) is 41.4 Å². The Hall–Kier alpha value is -1.62. The SMILES string of the molecule is CCCC(CNC(=O)C=Cc1cccc(Br)c1)C(=O)O. The highest BCUT2D eigenvalue weighted by Gasteiger charge is 2.16. The molecule has 0 bridgehead atoms. The van der Waals surface area contributed by atoms with Crippen LogP contribution < -0.4 is 5.32 Å². The number of hydrogen-bond acceptors (Lipinski definition) is 2. The summed E-state index contributed by atoms with van der Waals surface area (Å²) < 4.78 is 0.939. The van der Waals surface area contributed by atoms with Crippen LogP contribution in [-0.2, 0) is 9.59 Å². The van der Waals surface area contributed by atoms with E-state index in [2.05, 4.69) is 21.2 Å². The van der Waals surface area contributed by atoms with Crippen molar-refractivity contribution in [3.8, 4) is 0 Å². The number of rotatable bonds is 7. The van der Waals surface area contributed by atoms with E-state index in [-0.39, 0.29) is 12.5 Å². The van der Waals surface area contributed by atoms with Gasteiger partial charge in [0, 0.05) is 17.1 Å². The highest BCUT2D eigenvalue weighted by atomic mass is 79.9. The lowest BCUT2D eigenvalue weighted by Gasteiger charge is -2.10. The van der Waals surface area contributed by atoms with Crippen LogP contribution in [0.25, 0.3) is 6.08 Å². The van der Waals surface area contributed by atoms with Gasteiger partial charge in [0.2, 0.25) is 5.91 Å². The Bertz CT molecular complexity index is 500. The summed E-state index contributed by atoms with van der Waals surface area (Å²) >= 11 is 3.35. The Morgan fingerprint density at radius 2 is 2.20 bits per heavy atom. The largest absolute Gasteiger partial charge is 0.481 e. The number of halogens is 1. The molecule has 20 heavy (non-hydrogen) atoms. The second kappa shape index (κ2) is 8.53. The molecule has 0 spiro atoms. The zero-order valence-electron chi connectivity index (χ0n) is 11.3. The molecule has 1 unspecified atom stereocenters. The van der Waals surface area contributed by atoms with Crippen molar-refractivity contribution in [3.63, 3.8) is 0 Å². The highest BCUT2D eigenvalue weighted by Crippen LogP contribution is 2.12. The molecule has 4 nitrogen and oxygen atoms in total. The summed E-state index contributed by atoms with van der Waals surface area (Å²) in [5.41, 5.74) is 0.901. The average molecular weight is 340 g/mol. The fourth-order valence-corrected chi connectivity index (χ4v) is 2.14. The van der Waals surface area contributed by atoms with Gasteiger partial charge in [0.05, 0.1) is 5.92 Å². The summed E-state index contributed by atoms with van der Waals surface area (Å²) in [5.74, 6) is -1.68. The molecule has 1 aromatic carbocycles. The van der Waals surface area contributed by atoms with Crippen LogP contribution in [0.5, 0.6) is 0 Å². The summed E-state index contributed by atoms with van der Waals surface area (Å²) in [6.45, 7) is 2.08. The maximum Gasteiger partial charge on any atom is 0.308 e. The lowest BCUT2D eigenvalue weighted by Crippen LogP contribution is -2.31. The van der Waals surface area contributed by atoms with E-state index >= 15 is 0 Å². The first-order valence-electron chi connectivity index (χ1n) is 6.47. The molecular formula is C15H18BrNO3. The number of carbonyl (C=O) groups is 2. The first-order valence-corrected chi connectivity index (χ1v) is 7.26. The average Bonchev–Trinajstić information content (AvgIpc) is 2.41. The maximum absolute atomic E-state index is 11.6. The maximum atomic E-state index is 11.6. The van der Waals surface area contributed by atoms with Gasteiger partial charge >= 0.3 is 5.97 Å². The van der Waals surface area contributed by atoms with Gasteiger partial charge in [-0.15, -0.1) is 0 Å². The van der Waals surface area contributed by atoms with Crippen LogP contribution in [-0.4, -0.2) is 23.5 Å². The van der Waals surface area contributed by atoms with Crippen LogP contribution >= 0.6 is 15.9 Å². The van der Waals surface area contributed by atoms with E-state index < -0.39 is 11.9 Å².